The Hall–Kier alpha value is -2.47. The van der Waals surface area contributed by atoms with Gasteiger partial charge in [0.25, 0.3) is 5.91 Å². The summed E-state index contributed by atoms with van der Waals surface area (Å²) in [5.41, 5.74) is 0.418. The third kappa shape index (κ3) is 4.80. The van der Waals surface area contributed by atoms with E-state index in [2.05, 4.69) is 15.5 Å². The number of aromatic nitrogens is 2. The molecule has 4 rings (SSSR count). The van der Waals surface area contributed by atoms with Crippen LogP contribution in [0.3, 0.4) is 0 Å². The summed E-state index contributed by atoms with van der Waals surface area (Å²) in [7, 11) is -3.87. The second-order valence-corrected chi connectivity index (χ2v) is 10.5. The molecule has 1 aliphatic rings. The molecule has 168 valence electrons. The number of anilines is 1. The lowest BCUT2D eigenvalue weighted by Gasteiger charge is -2.30. The number of carbonyl (C=O) groups excluding carboxylic acids is 1. The van der Waals surface area contributed by atoms with Crippen molar-refractivity contribution in [2.45, 2.75) is 23.7 Å². The highest BCUT2D eigenvalue weighted by atomic mass is 35.5. The van der Waals surface area contributed by atoms with Crippen LogP contribution in [0.5, 0.6) is 0 Å². The minimum atomic E-state index is -3.87. The maximum Gasteiger partial charge on any atom is 0.286 e. The topological polar surface area (TPSA) is 92.3 Å². The van der Waals surface area contributed by atoms with Crippen molar-refractivity contribution >= 4 is 44.6 Å². The number of carbonyl (C=O) groups is 1. The summed E-state index contributed by atoms with van der Waals surface area (Å²) in [5, 5.41) is 11.0. The number of rotatable bonds is 5. The molecule has 0 saturated carbocycles. The van der Waals surface area contributed by atoms with Crippen molar-refractivity contribution in [2.24, 2.45) is 0 Å². The fourth-order valence-corrected chi connectivity index (χ4v) is 6.02. The van der Waals surface area contributed by atoms with Crippen molar-refractivity contribution in [3.05, 3.63) is 69.1 Å². The van der Waals surface area contributed by atoms with Crippen LogP contribution in [0, 0.1) is 11.6 Å². The minimum Gasteiger partial charge on any atom is -0.320 e. The van der Waals surface area contributed by atoms with Crippen molar-refractivity contribution in [1.82, 2.24) is 14.5 Å². The molecule has 7 nitrogen and oxygen atoms in total. The summed E-state index contributed by atoms with van der Waals surface area (Å²) in [6.07, 6.45) is 1.28. The lowest BCUT2D eigenvalue weighted by Crippen LogP contribution is -2.39. The maximum absolute atomic E-state index is 13.4. The number of halogens is 3. The first-order valence-electron chi connectivity index (χ1n) is 9.59. The van der Waals surface area contributed by atoms with E-state index < -0.39 is 27.6 Å². The van der Waals surface area contributed by atoms with Crippen LogP contribution in [-0.2, 0) is 10.0 Å². The van der Waals surface area contributed by atoms with Gasteiger partial charge >= 0.3 is 0 Å². The molecule has 1 aliphatic heterocycles. The largest absolute Gasteiger partial charge is 0.320 e. The number of hydrogen-bond donors (Lipinski definition) is 1. The minimum absolute atomic E-state index is 0.0822. The van der Waals surface area contributed by atoms with Gasteiger partial charge in [-0.3, -0.25) is 4.79 Å². The van der Waals surface area contributed by atoms with Crippen molar-refractivity contribution in [3.8, 4) is 0 Å². The van der Waals surface area contributed by atoms with Gasteiger partial charge in [-0.2, -0.15) is 4.31 Å². The molecule has 32 heavy (non-hydrogen) atoms. The van der Waals surface area contributed by atoms with E-state index >= 15 is 0 Å². The van der Waals surface area contributed by atoms with Gasteiger partial charge in [0.15, 0.2) is 0 Å². The van der Waals surface area contributed by atoms with Crippen molar-refractivity contribution in [1.29, 1.82) is 0 Å². The standard InChI is InChI=1S/C20H17ClF2N4O3S2/c21-16-10-15(7-8-17(16)23)32(29,30)27-9-1-2-12(11-27)19-25-26-20(31-19)18(28)24-14-5-3-13(22)4-6-14/h3-8,10,12H,1-2,9,11H2,(H,24,28)/t12-/m0/s1. The number of nitrogens with zero attached hydrogens (tertiary/aromatic N) is 3. The van der Waals surface area contributed by atoms with Crippen molar-refractivity contribution in [2.75, 3.05) is 18.4 Å². The first kappa shape index (κ1) is 22.7. The highest BCUT2D eigenvalue weighted by molar-refractivity contribution is 7.89. The molecule has 1 aromatic heterocycles. The van der Waals surface area contributed by atoms with E-state index in [4.69, 9.17) is 11.6 Å². The molecule has 0 unspecified atom stereocenters. The van der Waals surface area contributed by atoms with Crippen LogP contribution in [0.4, 0.5) is 14.5 Å². The monoisotopic (exact) mass is 498 g/mol. The van der Waals surface area contributed by atoms with E-state index in [0.29, 0.717) is 30.1 Å². The summed E-state index contributed by atoms with van der Waals surface area (Å²) in [6.45, 7) is 0.468. The molecule has 1 saturated heterocycles. The molecule has 0 aliphatic carbocycles. The normalized spacial score (nSPS) is 17.3. The van der Waals surface area contributed by atoms with Gasteiger partial charge in [0.2, 0.25) is 15.0 Å². The van der Waals surface area contributed by atoms with Gasteiger partial charge in [-0.1, -0.05) is 22.9 Å². The number of piperidine rings is 1. The molecule has 12 heteroatoms. The van der Waals surface area contributed by atoms with Crippen LogP contribution >= 0.6 is 22.9 Å². The van der Waals surface area contributed by atoms with Gasteiger partial charge in [0.1, 0.15) is 16.6 Å². The van der Waals surface area contributed by atoms with Gasteiger partial charge in [-0.05, 0) is 55.3 Å². The van der Waals surface area contributed by atoms with Gasteiger partial charge in [-0.15, -0.1) is 10.2 Å². The predicted octanol–water partition coefficient (Wildman–Crippen LogP) is 4.29. The third-order valence-electron chi connectivity index (χ3n) is 5.00. The van der Waals surface area contributed by atoms with Gasteiger partial charge in [0.05, 0.1) is 9.92 Å². The lowest BCUT2D eigenvalue weighted by molar-refractivity contribution is 0.102. The molecule has 2 heterocycles. The Morgan fingerprint density at radius 2 is 1.91 bits per heavy atom. The molecule has 1 atom stereocenters. The summed E-state index contributed by atoms with van der Waals surface area (Å²) in [6, 6.07) is 8.62. The zero-order chi connectivity index (χ0) is 22.9. The molecule has 0 spiro atoms. The Kier molecular flexibility index (Phi) is 6.52. The fourth-order valence-electron chi connectivity index (χ4n) is 3.36. The fraction of sp³-hybridized carbons (Fsp3) is 0.250. The number of amides is 1. The summed E-state index contributed by atoms with van der Waals surface area (Å²) >= 11 is 6.83. The zero-order valence-electron chi connectivity index (χ0n) is 16.5. The van der Waals surface area contributed by atoms with E-state index in [1.54, 1.807) is 0 Å². The average molecular weight is 499 g/mol. The highest BCUT2D eigenvalue weighted by Gasteiger charge is 2.33. The molecule has 0 bridgehead atoms. The number of nitrogens with one attached hydrogen (secondary N) is 1. The van der Waals surface area contributed by atoms with Crippen molar-refractivity contribution < 1.29 is 22.0 Å². The summed E-state index contributed by atoms with van der Waals surface area (Å²) in [5.74, 6) is -1.83. The smallest absolute Gasteiger partial charge is 0.286 e. The first-order chi connectivity index (χ1) is 15.2. The van der Waals surface area contributed by atoms with Gasteiger partial charge < -0.3 is 5.32 Å². The molecular formula is C20H17ClF2N4O3S2. The van der Waals surface area contributed by atoms with E-state index in [1.807, 2.05) is 0 Å². The number of sulfonamides is 1. The van der Waals surface area contributed by atoms with Crippen molar-refractivity contribution in [3.63, 3.8) is 0 Å². The Labute approximate surface area is 192 Å². The molecular weight excluding hydrogens is 482 g/mol. The van der Waals surface area contributed by atoms with Crippen LogP contribution in [0.2, 0.25) is 5.02 Å². The SMILES string of the molecule is O=C(Nc1ccc(F)cc1)c1nnc([C@H]2CCCN(S(=O)(=O)c3ccc(F)c(Cl)c3)C2)s1. The Bertz CT molecular complexity index is 1250. The van der Waals surface area contributed by atoms with Crippen LogP contribution in [-0.4, -0.2) is 41.9 Å². The summed E-state index contributed by atoms with van der Waals surface area (Å²) < 4.78 is 53.7. The van der Waals surface area contributed by atoms with Crippen LogP contribution in [0.15, 0.2) is 47.4 Å². The first-order valence-corrected chi connectivity index (χ1v) is 12.2. The van der Waals surface area contributed by atoms with E-state index in [-0.39, 0.29) is 27.4 Å². The van der Waals surface area contributed by atoms with E-state index in [9.17, 15) is 22.0 Å². The molecule has 2 aromatic carbocycles. The Balaban J connectivity index is 1.48. The molecule has 3 aromatic rings. The van der Waals surface area contributed by atoms with E-state index in [0.717, 1.165) is 23.5 Å². The van der Waals surface area contributed by atoms with Gasteiger partial charge in [-0.25, -0.2) is 17.2 Å². The van der Waals surface area contributed by atoms with Crippen LogP contribution in [0.25, 0.3) is 0 Å². The Morgan fingerprint density at radius 3 is 2.62 bits per heavy atom. The molecule has 1 fully saturated rings. The number of benzene rings is 2. The lowest BCUT2D eigenvalue weighted by atomic mass is 10.0. The van der Waals surface area contributed by atoms with Crippen LogP contribution in [0.1, 0.15) is 33.6 Å². The quantitative estimate of drug-likeness (QED) is 0.566. The average Bonchev–Trinajstić information content (AvgIpc) is 3.28. The zero-order valence-corrected chi connectivity index (χ0v) is 18.9. The maximum atomic E-state index is 13.4. The van der Waals surface area contributed by atoms with Gasteiger partial charge in [0, 0.05) is 24.7 Å². The second kappa shape index (κ2) is 9.18. The Morgan fingerprint density at radius 1 is 1.16 bits per heavy atom. The highest BCUT2D eigenvalue weighted by Crippen LogP contribution is 2.32. The molecule has 1 N–H and O–H groups in total. The predicted molar refractivity (Wildman–Crippen MR) is 116 cm³/mol. The summed E-state index contributed by atoms with van der Waals surface area (Å²) in [4.78, 5) is 12.3. The molecule has 1 amide bonds. The third-order valence-corrected chi connectivity index (χ3v) is 8.23. The molecule has 0 radical (unpaired) electrons. The van der Waals surface area contributed by atoms with Crippen LogP contribution < -0.4 is 5.32 Å². The second-order valence-electron chi connectivity index (χ2n) is 7.18. The number of hydrogen-bond acceptors (Lipinski definition) is 6. The van der Waals surface area contributed by atoms with E-state index in [1.165, 1.54) is 34.6 Å².